The Balaban J connectivity index is 2.57. The molecule has 4 N–H and O–H groups in total. The van der Waals surface area contributed by atoms with Crippen LogP contribution in [0.15, 0.2) is 29.8 Å². The second-order valence-electron chi connectivity index (χ2n) is 2.68. The Morgan fingerprint density at radius 1 is 1.23 bits per heavy atom. The molecule has 2 rings (SSSR count). The van der Waals surface area contributed by atoms with Crippen LogP contribution in [0.3, 0.4) is 0 Å². The minimum atomic E-state index is 0.708. The van der Waals surface area contributed by atoms with Crippen molar-refractivity contribution in [2.24, 2.45) is 0 Å². The quantitative estimate of drug-likeness (QED) is 0.677. The SMILES string of the molecule is Nc1ccc(N)c(-c2nccs2)c1. The van der Waals surface area contributed by atoms with Gasteiger partial charge in [0.05, 0.1) is 0 Å². The standard InChI is InChI=1S/C9H9N3S/c10-6-1-2-8(11)7(5-6)9-12-3-4-13-9/h1-5H,10-11H2. The number of hydrogen-bond acceptors (Lipinski definition) is 4. The number of benzene rings is 1. The summed E-state index contributed by atoms with van der Waals surface area (Å²) in [6.45, 7) is 0. The van der Waals surface area contributed by atoms with Gasteiger partial charge in [-0.25, -0.2) is 4.98 Å². The maximum atomic E-state index is 5.79. The maximum absolute atomic E-state index is 5.79. The highest BCUT2D eigenvalue weighted by Crippen LogP contribution is 2.28. The zero-order valence-corrected chi connectivity index (χ0v) is 7.71. The van der Waals surface area contributed by atoms with Gasteiger partial charge in [-0.2, -0.15) is 0 Å². The molecule has 1 heterocycles. The van der Waals surface area contributed by atoms with Gasteiger partial charge in [0.15, 0.2) is 0 Å². The molecule has 1 aromatic heterocycles. The molecule has 0 bridgehead atoms. The smallest absolute Gasteiger partial charge is 0.125 e. The van der Waals surface area contributed by atoms with E-state index in [1.54, 1.807) is 29.7 Å². The van der Waals surface area contributed by atoms with E-state index in [0.29, 0.717) is 11.4 Å². The first-order chi connectivity index (χ1) is 6.27. The van der Waals surface area contributed by atoms with Crippen molar-refractivity contribution in [2.45, 2.75) is 0 Å². The van der Waals surface area contributed by atoms with Crippen LogP contribution in [0.1, 0.15) is 0 Å². The first-order valence-electron chi connectivity index (χ1n) is 3.82. The Morgan fingerprint density at radius 3 is 2.77 bits per heavy atom. The van der Waals surface area contributed by atoms with Gasteiger partial charge in [-0.3, -0.25) is 0 Å². The largest absolute Gasteiger partial charge is 0.399 e. The molecule has 3 nitrogen and oxygen atoms in total. The number of thiazole rings is 1. The molecule has 0 aliphatic heterocycles. The van der Waals surface area contributed by atoms with Gasteiger partial charge in [-0.05, 0) is 18.2 Å². The highest BCUT2D eigenvalue weighted by atomic mass is 32.1. The van der Waals surface area contributed by atoms with Crippen LogP contribution in [0.4, 0.5) is 11.4 Å². The Hall–Kier alpha value is -1.55. The molecule has 66 valence electrons. The predicted octanol–water partition coefficient (Wildman–Crippen LogP) is 1.97. The molecule has 0 fully saturated rings. The molecule has 0 unspecified atom stereocenters. The lowest BCUT2D eigenvalue weighted by Crippen LogP contribution is -1.92. The first-order valence-corrected chi connectivity index (χ1v) is 4.70. The van der Waals surface area contributed by atoms with Crippen molar-refractivity contribution in [1.82, 2.24) is 4.98 Å². The van der Waals surface area contributed by atoms with Crippen molar-refractivity contribution in [3.8, 4) is 10.6 Å². The van der Waals surface area contributed by atoms with Crippen LogP contribution in [0.25, 0.3) is 10.6 Å². The van der Waals surface area contributed by atoms with E-state index in [-0.39, 0.29) is 0 Å². The fourth-order valence-corrected chi connectivity index (χ4v) is 1.79. The number of aromatic nitrogens is 1. The van der Waals surface area contributed by atoms with Gasteiger partial charge >= 0.3 is 0 Å². The van der Waals surface area contributed by atoms with Crippen LogP contribution in [0.5, 0.6) is 0 Å². The molecule has 0 aliphatic rings. The summed E-state index contributed by atoms with van der Waals surface area (Å²) in [6, 6.07) is 5.42. The average Bonchev–Trinajstić information content (AvgIpc) is 2.61. The van der Waals surface area contributed by atoms with E-state index in [4.69, 9.17) is 11.5 Å². The summed E-state index contributed by atoms with van der Waals surface area (Å²) >= 11 is 1.55. The zero-order chi connectivity index (χ0) is 9.26. The average molecular weight is 191 g/mol. The van der Waals surface area contributed by atoms with Gasteiger partial charge in [0.1, 0.15) is 5.01 Å². The Kier molecular flexibility index (Phi) is 1.90. The number of nitrogens with two attached hydrogens (primary N) is 2. The van der Waals surface area contributed by atoms with Crippen LogP contribution >= 0.6 is 11.3 Å². The minimum absolute atomic E-state index is 0.708. The molecule has 0 amide bonds. The molecule has 4 heteroatoms. The molecule has 0 saturated heterocycles. The maximum Gasteiger partial charge on any atom is 0.125 e. The van der Waals surface area contributed by atoms with Crippen molar-refractivity contribution in [1.29, 1.82) is 0 Å². The van der Waals surface area contributed by atoms with E-state index in [1.807, 2.05) is 11.4 Å². The number of nitrogens with zero attached hydrogens (tertiary/aromatic N) is 1. The van der Waals surface area contributed by atoms with Crippen LogP contribution < -0.4 is 11.5 Å². The molecule has 0 atom stereocenters. The molecular weight excluding hydrogens is 182 g/mol. The van der Waals surface area contributed by atoms with E-state index in [1.165, 1.54) is 0 Å². The Labute approximate surface area is 80.0 Å². The van der Waals surface area contributed by atoms with E-state index >= 15 is 0 Å². The summed E-state index contributed by atoms with van der Waals surface area (Å²) in [5, 5.41) is 2.82. The van der Waals surface area contributed by atoms with E-state index in [2.05, 4.69) is 4.98 Å². The fourth-order valence-electron chi connectivity index (χ4n) is 1.12. The van der Waals surface area contributed by atoms with Gasteiger partial charge in [-0.1, -0.05) is 0 Å². The van der Waals surface area contributed by atoms with Crippen LogP contribution in [-0.2, 0) is 0 Å². The summed E-state index contributed by atoms with van der Waals surface area (Å²) in [4.78, 5) is 4.17. The summed E-state index contributed by atoms with van der Waals surface area (Å²) in [7, 11) is 0. The molecule has 2 aromatic rings. The zero-order valence-electron chi connectivity index (χ0n) is 6.90. The van der Waals surface area contributed by atoms with Gasteiger partial charge in [0.25, 0.3) is 0 Å². The lowest BCUT2D eigenvalue weighted by Gasteiger charge is -2.02. The van der Waals surface area contributed by atoms with Crippen molar-refractivity contribution in [3.63, 3.8) is 0 Å². The van der Waals surface area contributed by atoms with Crippen molar-refractivity contribution < 1.29 is 0 Å². The molecule has 13 heavy (non-hydrogen) atoms. The number of anilines is 2. The Morgan fingerprint density at radius 2 is 2.08 bits per heavy atom. The lowest BCUT2D eigenvalue weighted by atomic mass is 10.2. The molecular formula is C9H9N3S. The summed E-state index contributed by atoms with van der Waals surface area (Å²) in [6.07, 6.45) is 1.75. The van der Waals surface area contributed by atoms with Crippen LogP contribution in [0, 0.1) is 0 Å². The fraction of sp³-hybridized carbons (Fsp3) is 0. The van der Waals surface area contributed by atoms with Gasteiger partial charge in [0.2, 0.25) is 0 Å². The Bertz CT molecular complexity index is 409. The summed E-state index contributed by atoms with van der Waals surface area (Å²) in [5.74, 6) is 0. The summed E-state index contributed by atoms with van der Waals surface area (Å²) < 4.78 is 0. The van der Waals surface area contributed by atoms with Crippen molar-refractivity contribution in [3.05, 3.63) is 29.8 Å². The van der Waals surface area contributed by atoms with Crippen LogP contribution in [-0.4, -0.2) is 4.98 Å². The number of hydrogen-bond donors (Lipinski definition) is 2. The van der Waals surface area contributed by atoms with Crippen LogP contribution in [0.2, 0.25) is 0 Å². The number of rotatable bonds is 1. The van der Waals surface area contributed by atoms with E-state index in [0.717, 1.165) is 10.6 Å². The summed E-state index contributed by atoms with van der Waals surface area (Å²) in [5.41, 5.74) is 13.8. The van der Waals surface area contributed by atoms with Gasteiger partial charge < -0.3 is 11.5 Å². The van der Waals surface area contributed by atoms with E-state index < -0.39 is 0 Å². The monoisotopic (exact) mass is 191 g/mol. The third-order valence-corrected chi connectivity index (χ3v) is 2.55. The van der Waals surface area contributed by atoms with Crippen molar-refractivity contribution >= 4 is 22.7 Å². The van der Waals surface area contributed by atoms with Crippen molar-refractivity contribution in [2.75, 3.05) is 11.5 Å². The van der Waals surface area contributed by atoms with Gasteiger partial charge in [-0.15, -0.1) is 11.3 Å². The normalized spacial score (nSPS) is 10.2. The second-order valence-corrected chi connectivity index (χ2v) is 3.58. The van der Waals surface area contributed by atoms with Gasteiger partial charge in [0, 0.05) is 28.5 Å². The molecule has 1 aromatic carbocycles. The lowest BCUT2D eigenvalue weighted by molar-refractivity contribution is 1.41. The van der Waals surface area contributed by atoms with E-state index in [9.17, 15) is 0 Å². The molecule has 0 aliphatic carbocycles. The molecule has 0 saturated carbocycles. The third-order valence-electron chi connectivity index (χ3n) is 1.74. The third kappa shape index (κ3) is 1.48. The molecule has 0 spiro atoms. The highest BCUT2D eigenvalue weighted by Gasteiger charge is 2.04. The predicted molar refractivity (Wildman–Crippen MR) is 56.4 cm³/mol. The first kappa shape index (κ1) is 8.07. The second kappa shape index (κ2) is 3.06. The molecule has 0 radical (unpaired) electrons. The topological polar surface area (TPSA) is 64.9 Å². The highest BCUT2D eigenvalue weighted by molar-refractivity contribution is 7.13. The number of nitrogen functional groups attached to an aromatic ring is 2. The minimum Gasteiger partial charge on any atom is -0.399 e.